The normalized spacial score (nSPS) is 11.2. The predicted molar refractivity (Wildman–Crippen MR) is 79.6 cm³/mol. The highest BCUT2D eigenvalue weighted by molar-refractivity contribution is 7.54. The van der Waals surface area contributed by atoms with E-state index in [9.17, 15) is 9.36 Å². The minimum atomic E-state index is -3.40. The minimum absolute atomic E-state index is 0.219. The third kappa shape index (κ3) is 4.84. The Morgan fingerprint density at radius 1 is 1.05 bits per heavy atom. The summed E-state index contributed by atoms with van der Waals surface area (Å²) in [5.74, 6) is 0.624. The third-order valence-electron chi connectivity index (χ3n) is 2.69. The number of ketones is 1. The molecule has 7 heteroatoms. The maximum atomic E-state index is 12.4. The zero-order valence-corrected chi connectivity index (χ0v) is 13.6. The molecule has 1 aromatic carbocycles. The van der Waals surface area contributed by atoms with Crippen molar-refractivity contribution in [3.05, 3.63) is 23.8 Å². The van der Waals surface area contributed by atoms with Gasteiger partial charge in [-0.2, -0.15) is 0 Å². The van der Waals surface area contributed by atoms with E-state index in [0.29, 0.717) is 17.1 Å². The number of benzene rings is 1. The number of carbonyl (C=O) groups is 1. The van der Waals surface area contributed by atoms with Gasteiger partial charge in [0.2, 0.25) is 0 Å². The van der Waals surface area contributed by atoms with Crippen LogP contribution in [0.25, 0.3) is 0 Å². The predicted octanol–water partition coefficient (Wildman–Crippen LogP) is 3.15. The third-order valence-corrected chi connectivity index (χ3v) is 4.67. The van der Waals surface area contributed by atoms with Gasteiger partial charge in [0.15, 0.2) is 17.3 Å². The Morgan fingerprint density at radius 2 is 1.62 bits per heavy atom. The van der Waals surface area contributed by atoms with Crippen molar-refractivity contribution < 1.29 is 27.9 Å². The van der Waals surface area contributed by atoms with Crippen LogP contribution in [0.4, 0.5) is 0 Å². The summed E-state index contributed by atoms with van der Waals surface area (Å²) in [4.78, 5) is 12.2. The van der Waals surface area contributed by atoms with Crippen LogP contribution in [0, 0.1) is 0 Å². The van der Waals surface area contributed by atoms with Crippen LogP contribution in [0.5, 0.6) is 11.5 Å². The van der Waals surface area contributed by atoms with Gasteiger partial charge in [-0.05, 0) is 32.0 Å². The van der Waals surface area contributed by atoms with Gasteiger partial charge in [-0.15, -0.1) is 0 Å². The number of ether oxygens (including phenoxy) is 2. The van der Waals surface area contributed by atoms with Crippen molar-refractivity contribution in [1.29, 1.82) is 0 Å². The molecule has 0 atom stereocenters. The Bertz CT molecular complexity index is 518. The first-order valence-electron chi connectivity index (χ1n) is 6.63. The van der Waals surface area contributed by atoms with Crippen LogP contribution in [-0.2, 0) is 13.6 Å². The summed E-state index contributed by atoms with van der Waals surface area (Å²) in [5, 5.41) is 0. The second kappa shape index (κ2) is 8.17. The molecule has 0 N–H and O–H groups in total. The van der Waals surface area contributed by atoms with E-state index in [2.05, 4.69) is 0 Å². The number of carbonyl (C=O) groups excluding carboxylic acids is 1. The topological polar surface area (TPSA) is 71.1 Å². The lowest BCUT2D eigenvalue weighted by atomic mass is 10.1. The Balaban J connectivity index is 2.95. The average Bonchev–Trinajstić information content (AvgIpc) is 2.46. The quantitative estimate of drug-likeness (QED) is 0.515. The van der Waals surface area contributed by atoms with Gasteiger partial charge in [0.05, 0.1) is 27.4 Å². The standard InChI is InChI=1S/C14H21O6P/c1-5-19-21(16,20-6-2)10-12(15)11-7-8-13(17-3)14(9-11)18-4/h7-9H,5-6,10H2,1-4H3. The van der Waals surface area contributed by atoms with Gasteiger partial charge in [-0.1, -0.05) is 0 Å². The number of hydrogen-bond donors (Lipinski definition) is 0. The Morgan fingerprint density at radius 3 is 2.10 bits per heavy atom. The van der Waals surface area contributed by atoms with Crippen LogP contribution in [0.2, 0.25) is 0 Å². The molecule has 0 fully saturated rings. The Hall–Kier alpha value is -1.36. The van der Waals surface area contributed by atoms with Crippen molar-refractivity contribution in [1.82, 2.24) is 0 Å². The van der Waals surface area contributed by atoms with E-state index in [0.717, 1.165) is 0 Å². The van der Waals surface area contributed by atoms with Gasteiger partial charge in [0, 0.05) is 5.56 Å². The molecule has 1 rings (SSSR count). The van der Waals surface area contributed by atoms with Crippen molar-refractivity contribution in [2.45, 2.75) is 13.8 Å². The van der Waals surface area contributed by atoms with Crippen molar-refractivity contribution in [3.63, 3.8) is 0 Å². The zero-order valence-electron chi connectivity index (χ0n) is 12.8. The Labute approximate surface area is 124 Å². The molecule has 0 saturated heterocycles. The van der Waals surface area contributed by atoms with Crippen molar-refractivity contribution in [3.8, 4) is 11.5 Å². The van der Waals surface area contributed by atoms with E-state index in [4.69, 9.17) is 18.5 Å². The van der Waals surface area contributed by atoms with E-state index in [1.807, 2.05) is 0 Å². The molecule has 0 heterocycles. The van der Waals surface area contributed by atoms with E-state index < -0.39 is 7.60 Å². The molecule has 21 heavy (non-hydrogen) atoms. The molecule has 118 valence electrons. The summed E-state index contributed by atoms with van der Waals surface area (Å²) < 4.78 is 32.8. The Kier molecular flexibility index (Phi) is 6.89. The van der Waals surface area contributed by atoms with Gasteiger partial charge >= 0.3 is 7.60 Å². The molecule has 0 amide bonds. The number of methoxy groups -OCH3 is 2. The number of rotatable bonds is 9. The monoisotopic (exact) mass is 316 g/mol. The second-order valence-electron chi connectivity index (χ2n) is 4.10. The summed E-state index contributed by atoms with van der Waals surface area (Å²) in [5.41, 5.74) is 0.368. The van der Waals surface area contributed by atoms with E-state index in [1.165, 1.54) is 14.2 Å². The first-order valence-corrected chi connectivity index (χ1v) is 8.35. The van der Waals surface area contributed by atoms with Crippen molar-refractivity contribution in [2.24, 2.45) is 0 Å². The maximum absolute atomic E-state index is 12.4. The second-order valence-corrected chi connectivity index (χ2v) is 6.15. The van der Waals surface area contributed by atoms with Gasteiger partial charge < -0.3 is 18.5 Å². The molecule has 0 spiro atoms. The highest BCUT2D eigenvalue weighted by atomic mass is 31.2. The molecule has 0 saturated carbocycles. The van der Waals surface area contributed by atoms with E-state index in [1.54, 1.807) is 32.0 Å². The molecule has 0 aromatic heterocycles. The molecular weight excluding hydrogens is 295 g/mol. The number of hydrogen-bond acceptors (Lipinski definition) is 6. The zero-order chi connectivity index (χ0) is 15.9. The molecule has 0 bridgehead atoms. The summed E-state index contributed by atoms with van der Waals surface area (Å²) >= 11 is 0. The molecular formula is C14H21O6P. The first-order chi connectivity index (χ1) is 9.99. The van der Waals surface area contributed by atoms with Gasteiger partial charge in [-0.3, -0.25) is 9.36 Å². The SMILES string of the molecule is CCOP(=O)(CC(=O)c1ccc(OC)c(OC)c1)OCC. The summed E-state index contributed by atoms with van der Waals surface area (Å²) in [6.07, 6.45) is -0.301. The molecule has 0 unspecified atom stereocenters. The summed E-state index contributed by atoms with van der Waals surface area (Å²) in [6, 6.07) is 4.76. The smallest absolute Gasteiger partial charge is 0.338 e. The van der Waals surface area contributed by atoms with Crippen LogP contribution in [-0.4, -0.2) is 39.4 Å². The lowest BCUT2D eigenvalue weighted by Gasteiger charge is -2.16. The van der Waals surface area contributed by atoms with Crippen molar-refractivity contribution >= 4 is 13.4 Å². The van der Waals surface area contributed by atoms with Gasteiger partial charge in [0.25, 0.3) is 0 Å². The molecule has 0 aliphatic carbocycles. The average molecular weight is 316 g/mol. The lowest BCUT2D eigenvalue weighted by Crippen LogP contribution is -2.10. The van der Waals surface area contributed by atoms with E-state index >= 15 is 0 Å². The lowest BCUT2D eigenvalue weighted by molar-refractivity contribution is 0.100. The fraction of sp³-hybridized carbons (Fsp3) is 0.500. The van der Waals surface area contributed by atoms with Gasteiger partial charge in [-0.25, -0.2) is 0 Å². The molecule has 0 radical (unpaired) electrons. The highest BCUT2D eigenvalue weighted by Gasteiger charge is 2.28. The first kappa shape index (κ1) is 17.7. The number of Topliss-reactive ketones (excluding diaryl/α,β-unsaturated/α-hetero) is 1. The summed E-state index contributed by atoms with van der Waals surface area (Å²) in [6.45, 7) is 3.84. The van der Waals surface area contributed by atoms with Crippen LogP contribution < -0.4 is 9.47 Å². The molecule has 6 nitrogen and oxygen atoms in total. The summed E-state index contributed by atoms with van der Waals surface area (Å²) in [7, 11) is -0.410. The molecule has 0 aliphatic heterocycles. The van der Waals surface area contributed by atoms with Crippen LogP contribution in [0.1, 0.15) is 24.2 Å². The maximum Gasteiger partial charge on any atom is 0.338 e. The van der Waals surface area contributed by atoms with Crippen LogP contribution >= 0.6 is 7.60 Å². The highest BCUT2D eigenvalue weighted by Crippen LogP contribution is 2.48. The van der Waals surface area contributed by atoms with E-state index in [-0.39, 0.29) is 25.2 Å². The van der Waals surface area contributed by atoms with Crippen LogP contribution in [0.3, 0.4) is 0 Å². The van der Waals surface area contributed by atoms with Crippen LogP contribution in [0.15, 0.2) is 18.2 Å². The minimum Gasteiger partial charge on any atom is -0.493 e. The largest absolute Gasteiger partial charge is 0.493 e. The molecule has 0 aliphatic rings. The fourth-order valence-electron chi connectivity index (χ4n) is 1.80. The van der Waals surface area contributed by atoms with Gasteiger partial charge in [0.1, 0.15) is 6.16 Å². The van der Waals surface area contributed by atoms with Crippen molar-refractivity contribution in [2.75, 3.05) is 33.6 Å². The fourth-order valence-corrected chi connectivity index (χ4v) is 3.38. The molecule has 1 aromatic rings.